The minimum Gasteiger partial charge on any atom is -0.455 e. The number of ether oxygens (including phenoxy) is 2. The van der Waals surface area contributed by atoms with Crippen LogP contribution in [0.3, 0.4) is 0 Å². The molecule has 2 radical (unpaired) electrons. The third-order valence-corrected chi connectivity index (χ3v) is 8.64. The van der Waals surface area contributed by atoms with Crippen LogP contribution in [0.4, 0.5) is 0 Å². The van der Waals surface area contributed by atoms with Crippen molar-refractivity contribution < 1.29 is 28.7 Å². The number of carbonyl (C=O) groups excluding carboxylic acids is 4. The molecule has 0 aliphatic carbocycles. The molecule has 230 valence electrons. The smallest absolute Gasteiger partial charge is 0.303 e. The maximum atomic E-state index is 11.4. The van der Waals surface area contributed by atoms with Gasteiger partial charge in [-0.2, -0.15) is 0 Å². The molecular formula is C28H44B2N4O6S2. The van der Waals surface area contributed by atoms with Crippen LogP contribution in [0.2, 0.25) is 0 Å². The number of aryl methyl sites for hydroxylation is 2. The lowest BCUT2D eigenvalue weighted by atomic mass is 9.86. The van der Waals surface area contributed by atoms with E-state index in [1.165, 1.54) is 51.3 Å². The lowest BCUT2D eigenvalue weighted by Crippen LogP contribution is -2.40. The minimum atomic E-state index is -0.379. The van der Waals surface area contributed by atoms with Gasteiger partial charge in [-0.3, -0.25) is 9.59 Å². The summed E-state index contributed by atoms with van der Waals surface area (Å²) >= 11 is 2.98. The van der Waals surface area contributed by atoms with E-state index in [1.807, 2.05) is 48.3 Å². The van der Waals surface area contributed by atoms with Gasteiger partial charge < -0.3 is 28.7 Å². The first-order valence-electron chi connectivity index (χ1n) is 13.9. The van der Waals surface area contributed by atoms with Crippen LogP contribution in [0.1, 0.15) is 88.0 Å². The molecule has 2 heterocycles. The van der Waals surface area contributed by atoms with Gasteiger partial charge in [-0.25, -0.2) is 9.97 Å². The van der Waals surface area contributed by atoms with Crippen LogP contribution in [0.15, 0.2) is 10.8 Å². The Morgan fingerprint density at radius 3 is 1.33 bits per heavy atom. The van der Waals surface area contributed by atoms with E-state index < -0.39 is 0 Å². The second kappa shape index (κ2) is 19.0. The molecule has 0 amide bonds. The number of rotatable bonds is 16. The highest BCUT2D eigenvalue weighted by Gasteiger charge is 2.29. The molecule has 2 rings (SSSR count). The molecule has 0 aromatic carbocycles. The van der Waals surface area contributed by atoms with Crippen molar-refractivity contribution >= 4 is 61.8 Å². The Labute approximate surface area is 260 Å². The number of nitrogens with zero attached hydrogens (tertiary/aromatic N) is 4. The number of hydrogen-bond acceptors (Lipinski definition) is 12. The fourth-order valence-corrected chi connectivity index (χ4v) is 6.18. The third kappa shape index (κ3) is 13.3. The maximum Gasteiger partial charge on any atom is 0.303 e. The average Bonchev–Trinajstić information content (AvgIpc) is 3.52. The van der Waals surface area contributed by atoms with Crippen molar-refractivity contribution in [3.05, 3.63) is 32.2 Å². The van der Waals surface area contributed by atoms with Crippen molar-refractivity contribution in [1.29, 1.82) is 0 Å². The van der Waals surface area contributed by atoms with Crippen molar-refractivity contribution in [2.24, 2.45) is 11.8 Å². The lowest BCUT2D eigenvalue weighted by Gasteiger charge is -2.32. The Morgan fingerprint density at radius 2 is 1.12 bits per heavy atom. The second-order valence-corrected chi connectivity index (χ2v) is 12.6. The van der Waals surface area contributed by atoms with Gasteiger partial charge in [-0.1, -0.05) is 27.7 Å². The maximum absolute atomic E-state index is 11.4. The van der Waals surface area contributed by atoms with E-state index >= 15 is 0 Å². The highest BCUT2D eigenvalue weighted by Crippen LogP contribution is 2.31. The minimum absolute atomic E-state index is 0.0868. The molecule has 10 nitrogen and oxygen atoms in total. The Hall–Kier alpha value is -2.41. The highest BCUT2D eigenvalue weighted by atomic mass is 32.1. The van der Waals surface area contributed by atoms with Crippen LogP contribution < -0.4 is 0 Å². The summed E-state index contributed by atoms with van der Waals surface area (Å²) in [6.07, 6.45) is 1.98. The normalized spacial score (nSPS) is 14.0. The number of aromatic nitrogens is 2. The summed E-state index contributed by atoms with van der Waals surface area (Å²) in [6, 6.07) is 0.174. The zero-order chi connectivity index (χ0) is 32.0. The summed E-state index contributed by atoms with van der Waals surface area (Å²) < 4.78 is 10.9. The van der Waals surface area contributed by atoms with Crippen LogP contribution in [-0.4, -0.2) is 84.9 Å². The van der Waals surface area contributed by atoms with E-state index in [2.05, 4.69) is 37.7 Å². The molecule has 0 spiro atoms. The first-order chi connectivity index (χ1) is 19.7. The lowest BCUT2D eigenvalue weighted by molar-refractivity contribution is -0.148. The molecule has 0 saturated heterocycles. The van der Waals surface area contributed by atoms with Crippen molar-refractivity contribution in [3.63, 3.8) is 0 Å². The molecule has 4 atom stereocenters. The van der Waals surface area contributed by atoms with E-state index in [0.29, 0.717) is 24.7 Å². The van der Waals surface area contributed by atoms with Crippen LogP contribution in [0.25, 0.3) is 0 Å². The van der Waals surface area contributed by atoms with E-state index in [0.717, 1.165) is 33.8 Å². The number of carbonyl (C=O) groups is 4. The monoisotopic (exact) mass is 618 g/mol. The highest BCUT2D eigenvalue weighted by molar-refractivity contribution is 7.10. The quantitative estimate of drug-likeness (QED) is 0.152. The SMILES string of the molecule is CC(=O)O[C@@H](CC(C(C)C)N(C)[B]C=O)c1nc(C)cs1.CC(=O)O[C@H](C[C@@H](C(C)C)N(C)[B]C=O)c1nc(C)cs1. The van der Waals surface area contributed by atoms with E-state index in [9.17, 15) is 19.2 Å². The molecule has 2 aromatic rings. The van der Waals surface area contributed by atoms with E-state index in [1.54, 1.807) is 0 Å². The molecule has 1 unspecified atom stereocenters. The van der Waals surface area contributed by atoms with Gasteiger partial charge in [0.25, 0.3) is 14.8 Å². The molecule has 0 saturated carbocycles. The van der Waals surface area contributed by atoms with Gasteiger partial charge >= 0.3 is 11.9 Å². The topological polar surface area (TPSA) is 119 Å². The predicted octanol–water partition coefficient (Wildman–Crippen LogP) is 4.42. The summed E-state index contributed by atoms with van der Waals surface area (Å²) in [5.41, 5.74) is 1.84. The Kier molecular flexibility index (Phi) is 17.0. The van der Waals surface area contributed by atoms with Gasteiger partial charge in [0.2, 0.25) is 0 Å². The van der Waals surface area contributed by atoms with Crippen LogP contribution in [0.5, 0.6) is 0 Å². The largest absolute Gasteiger partial charge is 0.455 e. The van der Waals surface area contributed by atoms with Gasteiger partial charge in [-0.15, -0.1) is 22.7 Å². The molecule has 0 aliphatic heterocycles. The van der Waals surface area contributed by atoms with Crippen molar-refractivity contribution in [2.75, 3.05) is 14.1 Å². The molecule has 14 heteroatoms. The molecule has 0 fully saturated rings. The molecule has 0 bridgehead atoms. The summed E-state index contributed by atoms with van der Waals surface area (Å²) in [6.45, 7) is 15.0. The fraction of sp³-hybridized carbons (Fsp3) is 0.643. The van der Waals surface area contributed by atoms with Crippen molar-refractivity contribution in [2.45, 2.75) is 92.5 Å². The van der Waals surface area contributed by atoms with Crippen molar-refractivity contribution in [3.8, 4) is 0 Å². The van der Waals surface area contributed by atoms with Crippen LogP contribution >= 0.6 is 22.7 Å². The summed E-state index contributed by atoms with van der Waals surface area (Å²) in [5, 5.41) is 5.48. The number of thiazole rings is 2. The van der Waals surface area contributed by atoms with Crippen LogP contribution in [-0.2, 0) is 28.7 Å². The number of hydrogen-bond donors (Lipinski definition) is 0. The zero-order valence-corrected chi connectivity index (χ0v) is 28.0. The third-order valence-electron chi connectivity index (χ3n) is 6.53. The van der Waals surface area contributed by atoms with E-state index in [4.69, 9.17) is 9.47 Å². The van der Waals surface area contributed by atoms with Crippen molar-refractivity contribution in [1.82, 2.24) is 19.6 Å². The van der Waals surface area contributed by atoms with E-state index in [-0.39, 0.29) is 36.2 Å². The first-order valence-corrected chi connectivity index (χ1v) is 15.7. The Balaban J connectivity index is 0.000000420. The summed E-state index contributed by atoms with van der Waals surface area (Å²) in [4.78, 5) is 56.7. The molecule has 42 heavy (non-hydrogen) atoms. The molecule has 0 N–H and O–H groups in total. The van der Waals surface area contributed by atoms with Gasteiger partial charge in [0, 0.05) is 60.9 Å². The van der Waals surface area contributed by atoms with Gasteiger partial charge in [0.15, 0.2) is 12.2 Å². The number of esters is 2. The molecule has 0 aliphatic rings. The Bertz CT molecular complexity index is 1040. The first kappa shape index (κ1) is 37.6. The van der Waals surface area contributed by atoms with Gasteiger partial charge in [-0.05, 0) is 39.8 Å². The molecular weight excluding hydrogens is 574 g/mol. The zero-order valence-electron chi connectivity index (χ0n) is 26.4. The summed E-state index contributed by atoms with van der Waals surface area (Å²) in [5.74, 6) is -0.0228. The fourth-order valence-electron chi connectivity index (χ4n) is 4.51. The molecule has 2 aromatic heterocycles. The second-order valence-electron chi connectivity index (χ2n) is 10.8. The summed E-state index contributed by atoms with van der Waals surface area (Å²) in [7, 11) is 6.72. The Morgan fingerprint density at radius 1 is 0.786 bits per heavy atom. The van der Waals surface area contributed by atoms with Crippen LogP contribution in [0, 0.1) is 25.7 Å². The van der Waals surface area contributed by atoms with Gasteiger partial charge in [0.1, 0.15) is 10.0 Å². The average molecular weight is 618 g/mol. The standard InChI is InChI=1S/2C14H22BN2O3S/c2*1-9(2)12(17(5)15-8-18)6-13(20-11(4)19)14-16-10(3)7-21-14/h2*7-9,12-13H,6H2,1-5H3/t12?,13-;12-,13+/m00/s1. The van der Waals surface area contributed by atoms with Gasteiger partial charge in [0.05, 0.1) is 12.4 Å². The predicted molar refractivity (Wildman–Crippen MR) is 170 cm³/mol.